The van der Waals surface area contributed by atoms with Crippen LogP contribution >= 0.6 is 0 Å². The van der Waals surface area contributed by atoms with Crippen LogP contribution in [0.2, 0.25) is 0 Å². The van der Waals surface area contributed by atoms with Crippen LogP contribution in [0.5, 0.6) is 5.75 Å². The minimum Gasteiger partial charge on any atom is -0.491 e. The summed E-state index contributed by atoms with van der Waals surface area (Å²) in [6.45, 7) is 5.12. The van der Waals surface area contributed by atoms with Gasteiger partial charge < -0.3 is 9.47 Å². The van der Waals surface area contributed by atoms with Crippen molar-refractivity contribution in [3.63, 3.8) is 0 Å². The Morgan fingerprint density at radius 3 is 2.70 bits per heavy atom. The van der Waals surface area contributed by atoms with Gasteiger partial charge in [-0.05, 0) is 63.7 Å². The van der Waals surface area contributed by atoms with Crippen molar-refractivity contribution in [1.29, 1.82) is 0 Å². The van der Waals surface area contributed by atoms with Crippen LogP contribution in [0, 0.1) is 0 Å². The maximum atomic E-state index is 12.6. The quantitative estimate of drug-likeness (QED) is 0.635. The molecule has 1 aromatic carbocycles. The first-order valence-corrected chi connectivity index (χ1v) is 10.7. The topological polar surface area (TPSA) is 50.8 Å². The van der Waals surface area contributed by atoms with E-state index in [2.05, 4.69) is 17.1 Å². The number of hydrogen-bond donors (Lipinski definition) is 1. The maximum Gasteiger partial charge on any atom is 0.412 e. The van der Waals surface area contributed by atoms with Gasteiger partial charge >= 0.3 is 6.09 Å². The number of carbonyl (C=O) groups excluding carboxylic acids is 1. The molecule has 1 aliphatic carbocycles. The molecule has 0 aromatic heterocycles. The second-order valence-corrected chi connectivity index (χ2v) is 7.72. The molecule has 1 saturated carbocycles. The van der Waals surface area contributed by atoms with Crippen molar-refractivity contribution in [3.8, 4) is 5.75 Å². The fraction of sp³-hybridized carbons (Fsp3) is 0.682. The summed E-state index contributed by atoms with van der Waals surface area (Å²) in [6, 6.07) is 7.98. The molecule has 2 atom stereocenters. The minimum atomic E-state index is -0.365. The van der Waals surface area contributed by atoms with Crippen molar-refractivity contribution in [3.05, 3.63) is 24.3 Å². The Balaban J connectivity index is 1.55. The number of likely N-dealkylation sites (tertiary alicyclic amines) is 1. The van der Waals surface area contributed by atoms with Gasteiger partial charge in [0.1, 0.15) is 11.9 Å². The maximum absolute atomic E-state index is 12.6. The van der Waals surface area contributed by atoms with E-state index in [4.69, 9.17) is 9.47 Å². The molecule has 0 radical (unpaired) electrons. The summed E-state index contributed by atoms with van der Waals surface area (Å²) in [5.74, 6) is 0.713. The zero-order valence-electron chi connectivity index (χ0n) is 16.6. The molecule has 1 amide bonds. The number of ether oxygens (including phenoxy) is 2. The molecule has 1 heterocycles. The van der Waals surface area contributed by atoms with Gasteiger partial charge in [0, 0.05) is 6.04 Å². The van der Waals surface area contributed by atoms with Crippen LogP contribution in [0.1, 0.15) is 64.7 Å². The first-order chi connectivity index (χ1) is 13.3. The molecular weight excluding hydrogens is 340 g/mol. The Labute approximate surface area is 163 Å². The van der Waals surface area contributed by atoms with Gasteiger partial charge in [0.2, 0.25) is 0 Å². The fourth-order valence-electron chi connectivity index (χ4n) is 4.21. The van der Waals surface area contributed by atoms with Crippen molar-refractivity contribution in [2.45, 2.75) is 76.9 Å². The van der Waals surface area contributed by atoms with E-state index < -0.39 is 0 Å². The van der Waals surface area contributed by atoms with Crippen molar-refractivity contribution in [2.24, 2.45) is 0 Å². The van der Waals surface area contributed by atoms with Crippen LogP contribution in [-0.4, -0.2) is 42.8 Å². The van der Waals surface area contributed by atoms with Gasteiger partial charge in [-0.25, -0.2) is 4.79 Å². The van der Waals surface area contributed by atoms with Gasteiger partial charge in [-0.1, -0.05) is 38.3 Å². The highest BCUT2D eigenvalue weighted by atomic mass is 16.6. The van der Waals surface area contributed by atoms with Crippen LogP contribution in [0.3, 0.4) is 0 Å². The smallest absolute Gasteiger partial charge is 0.412 e. The van der Waals surface area contributed by atoms with Gasteiger partial charge in [-0.15, -0.1) is 0 Å². The Morgan fingerprint density at radius 2 is 1.89 bits per heavy atom. The van der Waals surface area contributed by atoms with E-state index in [0.717, 1.165) is 51.6 Å². The lowest BCUT2D eigenvalue weighted by atomic mass is 9.91. The van der Waals surface area contributed by atoms with E-state index >= 15 is 0 Å². The van der Waals surface area contributed by atoms with Crippen LogP contribution in [0.15, 0.2) is 24.3 Å². The SMILES string of the molecule is CCCCCOc1ccccc1NC(=O)O[C@@H]1CCCC[C@H]1N1CCCC1. The molecular formula is C22H34N2O3. The highest BCUT2D eigenvalue weighted by Crippen LogP contribution is 2.29. The van der Waals surface area contributed by atoms with Crippen molar-refractivity contribution in [1.82, 2.24) is 4.90 Å². The molecule has 0 bridgehead atoms. The molecule has 5 heteroatoms. The van der Waals surface area contributed by atoms with Gasteiger partial charge in [-0.3, -0.25) is 10.2 Å². The third-order valence-corrected chi connectivity index (χ3v) is 5.67. The normalized spacial score (nSPS) is 23.1. The summed E-state index contributed by atoms with van der Waals surface area (Å²) < 4.78 is 11.7. The first-order valence-electron chi connectivity index (χ1n) is 10.7. The average Bonchev–Trinajstić information content (AvgIpc) is 3.21. The van der Waals surface area contributed by atoms with E-state index in [1.54, 1.807) is 0 Å². The molecule has 5 nitrogen and oxygen atoms in total. The molecule has 2 aliphatic rings. The third kappa shape index (κ3) is 5.86. The van der Waals surface area contributed by atoms with Crippen LogP contribution < -0.4 is 10.1 Å². The average molecular weight is 375 g/mol. The molecule has 2 fully saturated rings. The van der Waals surface area contributed by atoms with Gasteiger partial charge in [-0.2, -0.15) is 0 Å². The van der Waals surface area contributed by atoms with E-state index in [9.17, 15) is 4.79 Å². The lowest BCUT2D eigenvalue weighted by Gasteiger charge is -2.37. The summed E-state index contributed by atoms with van der Waals surface area (Å²) in [7, 11) is 0. The number of nitrogens with zero attached hydrogens (tertiary/aromatic N) is 1. The van der Waals surface area contributed by atoms with Crippen LogP contribution in [-0.2, 0) is 4.74 Å². The number of hydrogen-bond acceptors (Lipinski definition) is 4. The summed E-state index contributed by atoms with van der Waals surface area (Å²) in [4.78, 5) is 15.1. The Kier molecular flexibility index (Phi) is 7.81. The molecule has 150 valence electrons. The van der Waals surface area contributed by atoms with Crippen LogP contribution in [0.25, 0.3) is 0 Å². The standard InChI is InChI=1S/C22H34N2O3/c1-2-3-10-17-26-20-13-6-4-11-18(20)23-22(25)27-21-14-7-5-12-19(21)24-15-8-9-16-24/h4,6,11,13,19,21H,2-3,5,7-10,12,14-17H2,1H3,(H,23,25)/t19-,21-/m1/s1. The second-order valence-electron chi connectivity index (χ2n) is 7.72. The molecule has 27 heavy (non-hydrogen) atoms. The van der Waals surface area contributed by atoms with E-state index in [1.807, 2.05) is 24.3 Å². The largest absolute Gasteiger partial charge is 0.491 e. The zero-order chi connectivity index (χ0) is 18.9. The lowest BCUT2D eigenvalue weighted by molar-refractivity contribution is 0.0176. The van der Waals surface area contributed by atoms with Gasteiger partial charge in [0.05, 0.1) is 12.3 Å². The second kappa shape index (κ2) is 10.5. The number of anilines is 1. The number of carbonyl (C=O) groups is 1. The number of nitrogens with one attached hydrogen (secondary N) is 1. The minimum absolute atomic E-state index is 0.00511. The highest BCUT2D eigenvalue weighted by molar-refractivity contribution is 5.86. The summed E-state index contributed by atoms with van der Waals surface area (Å²) in [5, 5.41) is 2.91. The molecule has 1 aliphatic heterocycles. The number of benzene rings is 1. The summed E-state index contributed by atoms with van der Waals surface area (Å²) in [5.41, 5.74) is 0.688. The predicted molar refractivity (Wildman–Crippen MR) is 108 cm³/mol. The number of rotatable bonds is 8. The Morgan fingerprint density at radius 1 is 1.11 bits per heavy atom. The van der Waals surface area contributed by atoms with E-state index in [1.165, 1.54) is 19.3 Å². The van der Waals surface area contributed by atoms with Gasteiger partial charge in [0.15, 0.2) is 0 Å². The van der Waals surface area contributed by atoms with Crippen LogP contribution in [0.4, 0.5) is 10.5 Å². The van der Waals surface area contributed by atoms with E-state index in [-0.39, 0.29) is 12.2 Å². The predicted octanol–water partition coefficient (Wildman–Crippen LogP) is 5.21. The molecule has 0 unspecified atom stereocenters. The van der Waals surface area contributed by atoms with Crippen molar-refractivity contribution in [2.75, 3.05) is 25.0 Å². The van der Waals surface area contributed by atoms with Crippen molar-refractivity contribution < 1.29 is 14.3 Å². The molecule has 1 saturated heterocycles. The van der Waals surface area contributed by atoms with E-state index in [0.29, 0.717) is 24.1 Å². The number of amides is 1. The summed E-state index contributed by atoms with van der Waals surface area (Å²) in [6.07, 6.45) is 9.96. The Hall–Kier alpha value is -1.75. The monoisotopic (exact) mass is 374 g/mol. The molecule has 0 spiro atoms. The fourth-order valence-corrected chi connectivity index (χ4v) is 4.21. The number of unbranched alkanes of at least 4 members (excludes halogenated alkanes) is 2. The first kappa shape index (κ1) is 20.0. The van der Waals surface area contributed by atoms with Crippen molar-refractivity contribution >= 4 is 11.8 Å². The van der Waals surface area contributed by atoms with Gasteiger partial charge in [0.25, 0.3) is 0 Å². The lowest BCUT2D eigenvalue weighted by Crippen LogP contribution is -2.46. The Bertz CT molecular complexity index is 587. The molecule has 1 aromatic rings. The third-order valence-electron chi connectivity index (χ3n) is 5.67. The number of para-hydroxylation sites is 2. The zero-order valence-corrected chi connectivity index (χ0v) is 16.6. The molecule has 1 N–H and O–H groups in total. The molecule has 3 rings (SSSR count). The highest BCUT2D eigenvalue weighted by Gasteiger charge is 2.34. The summed E-state index contributed by atoms with van der Waals surface area (Å²) >= 11 is 0.